The van der Waals surface area contributed by atoms with Crippen LogP contribution in [0.3, 0.4) is 0 Å². The number of rotatable bonds is 12. The highest BCUT2D eigenvalue weighted by Crippen LogP contribution is 2.62. The van der Waals surface area contributed by atoms with Gasteiger partial charge in [-0.15, -0.1) is 0 Å². The maximum absolute atomic E-state index is 14.1. The number of allylic oxidation sites excluding steroid dienone is 1. The molecule has 9 nitrogen and oxygen atoms in total. The lowest BCUT2D eigenvalue weighted by molar-refractivity contribution is -0.171. The van der Waals surface area contributed by atoms with Gasteiger partial charge in [-0.1, -0.05) is 45.9 Å². The van der Waals surface area contributed by atoms with Crippen LogP contribution in [-0.4, -0.2) is 89.6 Å². The zero-order chi connectivity index (χ0) is 30.1. The number of ether oxygens (including phenoxy) is 5. The van der Waals surface area contributed by atoms with E-state index in [1.807, 2.05) is 26.0 Å². The van der Waals surface area contributed by atoms with E-state index in [4.69, 9.17) is 28.1 Å². The van der Waals surface area contributed by atoms with E-state index in [0.29, 0.717) is 12.4 Å². The van der Waals surface area contributed by atoms with E-state index in [0.717, 1.165) is 23.7 Å². The van der Waals surface area contributed by atoms with Crippen molar-refractivity contribution in [3.05, 3.63) is 35.3 Å². The van der Waals surface area contributed by atoms with Gasteiger partial charge in [-0.05, 0) is 30.6 Å². The second kappa shape index (κ2) is 12.9. The molecular formula is C31H50O9Si. The number of methoxy groups -OCH3 is 3. The molecule has 1 spiro atoms. The summed E-state index contributed by atoms with van der Waals surface area (Å²) in [6.07, 6.45) is 4.08. The molecular weight excluding hydrogens is 544 g/mol. The SMILES string of the molecule is CC[Si](CC)(CC)O[C@H](COC)[C@H]1OC(=O)[C@H](COC)[C@H]2C=C[C@H]3C4=C(O)[C@H](COC)[C@@H](O)[C@H]3C2(O4)/C(C)=C/[C@H]1C. The first-order chi connectivity index (χ1) is 19.6. The fourth-order valence-electron chi connectivity index (χ4n) is 7.85. The molecule has 0 saturated carbocycles. The molecule has 0 amide bonds. The fraction of sp³-hybridized carbons (Fsp3) is 0.774. The third-order valence-electron chi connectivity index (χ3n) is 10.2. The van der Waals surface area contributed by atoms with Crippen molar-refractivity contribution < 1.29 is 43.1 Å². The monoisotopic (exact) mass is 594 g/mol. The Bertz CT molecular complexity index is 1030. The van der Waals surface area contributed by atoms with Gasteiger partial charge in [0.25, 0.3) is 0 Å². The van der Waals surface area contributed by atoms with Gasteiger partial charge in [0.1, 0.15) is 29.3 Å². The molecule has 4 bridgehead atoms. The van der Waals surface area contributed by atoms with Crippen molar-refractivity contribution in [2.75, 3.05) is 41.2 Å². The van der Waals surface area contributed by atoms with Gasteiger partial charge in [-0.2, -0.15) is 0 Å². The average molecular weight is 595 g/mol. The number of esters is 1. The Balaban J connectivity index is 1.85. The quantitative estimate of drug-likeness (QED) is 0.193. The van der Waals surface area contributed by atoms with Gasteiger partial charge >= 0.3 is 5.97 Å². The number of carbonyl (C=O) groups excluding carboxylic acids is 1. The van der Waals surface area contributed by atoms with Gasteiger partial charge in [0, 0.05) is 45.0 Å². The van der Waals surface area contributed by atoms with Gasteiger partial charge in [-0.3, -0.25) is 4.79 Å². The number of carbonyl (C=O) groups is 1. The molecule has 2 heterocycles. The molecule has 2 aliphatic carbocycles. The number of hydrogen-bond acceptors (Lipinski definition) is 9. The molecule has 4 rings (SSSR count). The number of aliphatic hydroxyl groups is 2. The van der Waals surface area contributed by atoms with Gasteiger partial charge < -0.3 is 38.3 Å². The van der Waals surface area contributed by atoms with Crippen LogP contribution in [0.4, 0.5) is 0 Å². The third-order valence-corrected chi connectivity index (χ3v) is 14.9. The highest BCUT2D eigenvalue weighted by molar-refractivity contribution is 6.73. The number of cyclic esters (lactones) is 1. The topological polar surface area (TPSA) is 113 Å². The molecule has 232 valence electrons. The van der Waals surface area contributed by atoms with Gasteiger partial charge in [0.05, 0.1) is 37.8 Å². The summed E-state index contributed by atoms with van der Waals surface area (Å²) in [4.78, 5) is 14.1. The fourth-order valence-corrected chi connectivity index (χ4v) is 10.7. The molecule has 2 aliphatic heterocycles. The van der Waals surface area contributed by atoms with Crippen molar-refractivity contribution in [3.8, 4) is 0 Å². The molecule has 1 saturated heterocycles. The second-order valence-corrected chi connectivity index (χ2v) is 16.9. The van der Waals surface area contributed by atoms with Crippen LogP contribution in [0.1, 0.15) is 34.6 Å². The summed E-state index contributed by atoms with van der Waals surface area (Å²) in [6, 6.07) is 2.88. The molecule has 41 heavy (non-hydrogen) atoms. The highest BCUT2D eigenvalue weighted by Gasteiger charge is 2.68. The summed E-state index contributed by atoms with van der Waals surface area (Å²) in [5.74, 6) is -2.71. The summed E-state index contributed by atoms with van der Waals surface area (Å²) in [5, 5.41) is 22.9. The van der Waals surface area contributed by atoms with Crippen molar-refractivity contribution in [1.82, 2.24) is 0 Å². The summed E-state index contributed by atoms with van der Waals surface area (Å²) in [5.41, 5.74) is -0.178. The largest absolute Gasteiger partial charge is 0.508 e. The van der Waals surface area contributed by atoms with Gasteiger partial charge in [-0.25, -0.2) is 0 Å². The summed E-state index contributed by atoms with van der Waals surface area (Å²) in [7, 11) is 2.69. The Kier molecular flexibility index (Phi) is 10.1. The predicted octanol–water partition coefficient (Wildman–Crippen LogP) is 4.39. The molecule has 2 N–H and O–H groups in total. The molecule has 10 heteroatoms. The Morgan fingerprint density at radius 1 is 1.02 bits per heavy atom. The van der Waals surface area contributed by atoms with Crippen LogP contribution in [0, 0.1) is 35.5 Å². The smallest absolute Gasteiger partial charge is 0.312 e. The first-order valence-corrected chi connectivity index (χ1v) is 17.6. The van der Waals surface area contributed by atoms with E-state index in [2.05, 4.69) is 26.8 Å². The third kappa shape index (κ3) is 5.33. The summed E-state index contributed by atoms with van der Waals surface area (Å²) < 4.78 is 36.7. The van der Waals surface area contributed by atoms with E-state index in [-0.39, 0.29) is 30.8 Å². The minimum Gasteiger partial charge on any atom is -0.508 e. The van der Waals surface area contributed by atoms with E-state index in [9.17, 15) is 15.0 Å². The molecule has 0 aromatic heterocycles. The van der Waals surface area contributed by atoms with E-state index in [1.54, 1.807) is 21.3 Å². The molecule has 10 atom stereocenters. The standard InChI is InChI=1S/C31H50O9Si/c1-9-41(10-2,11-3)40-24(17-37-8)28-18(4)14-19(5)31-23(21(15-35-6)30(34)38-28)13-12-20-25(31)26(32)22(16-36-7)27(33)29(20)39-31/h12-14,18,20-26,28,32-33H,9-11,15-17H2,1-8H3/b19-14+/t18-,20-,21-,22-,23-,24-,25+,26-,28+,31?/m1/s1. The van der Waals surface area contributed by atoms with E-state index >= 15 is 0 Å². The summed E-state index contributed by atoms with van der Waals surface area (Å²) >= 11 is 0. The lowest BCUT2D eigenvalue weighted by Gasteiger charge is -2.47. The average Bonchev–Trinajstić information content (AvgIpc) is 3.17. The Hall–Kier alpha value is -1.69. The van der Waals surface area contributed by atoms with Crippen molar-refractivity contribution in [2.45, 2.75) is 76.7 Å². The Morgan fingerprint density at radius 2 is 1.66 bits per heavy atom. The lowest BCUT2D eigenvalue weighted by atomic mass is 9.58. The molecule has 1 fully saturated rings. The van der Waals surface area contributed by atoms with Crippen molar-refractivity contribution >= 4 is 14.3 Å². The van der Waals surface area contributed by atoms with Crippen molar-refractivity contribution in [3.63, 3.8) is 0 Å². The molecule has 0 aromatic rings. The normalized spacial score (nSPS) is 38.7. The minimum atomic E-state index is -2.07. The minimum absolute atomic E-state index is 0.0146. The van der Waals surface area contributed by atoms with E-state index in [1.165, 1.54) is 0 Å². The van der Waals surface area contributed by atoms with Crippen LogP contribution in [-0.2, 0) is 32.9 Å². The molecule has 1 unspecified atom stereocenters. The zero-order valence-electron chi connectivity index (χ0n) is 25.9. The lowest BCUT2D eigenvalue weighted by Crippen LogP contribution is -2.57. The van der Waals surface area contributed by atoms with E-state index < -0.39 is 61.9 Å². The van der Waals surface area contributed by atoms with Crippen LogP contribution >= 0.6 is 0 Å². The number of aliphatic hydroxyl groups excluding tert-OH is 2. The first-order valence-electron chi connectivity index (χ1n) is 15.1. The summed E-state index contributed by atoms with van der Waals surface area (Å²) in [6.45, 7) is 11.1. The highest BCUT2D eigenvalue weighted by atomic mass is 28.4. The Morgan fingerprint density at radius 3 is 2.24 bits per heavy atom. The molecule has 0 radical (unpaired) electrons. The maximum Gasteiger partial charge on any atom is 0.312 e. The van der Waals surface area contributed by atoms with Crippen molar-refractivity contribution in [1.29, 1.82) is 0 Å². The van der Waals surface area contributed by atoms with Crippen LogP contribution in [0.5, 0.6) is 0 Å². The number of hydrogen-bond donors (Lipinski definition) is 2. The van der Waals surface area contributed by atoms with Crippen LogP contribution in [0.2, 0.25) is 18.1 Å². The first kappa shape index (κ1) is 32.2. The maximum atomic E-state index is 14.1. The molecule has 0 aromatic carbocycles. The van der Waals surface area contributed by atoms with Crippen LogP contribution in [0.15, 0.2) is 35.3 Å². The van der Waals surface area contributed by atoms with Gasteiger partial charge in [0.15, 0.2) is 8.32 Å². The molecule has 4 aliphatic rings. The zero-order valence-corrected chi connectivity index (χ0v) is 26.9. The van der Waals surface area contributed by atoms with Gasteiger partial charge in [0.2, 0.25) is 0 Å². The Labute approximate surface area is 246 Å². The predicted molar refractivity (Wildman–Crippen MR) is 157 cm³/mol. The van der Waals surface area contributed by atoms with Crippen molar-refractivity contribution in [2.24, 2.45) is 35.5 Å². The van der Waals surface area contributed by atoms with Crippen LogP contribution in [0.25, 0.3) is 0 Å². The van der Waals surface area contributed by atoms with Crippen LogP contribution < -0.4 is 0 Å². The second-order valence-electron chi connectivity index (χ2n) is 12.2.